The van der Waals surface area contributed by atoms with E-state index < -0.39 is 0 Å². The maximum atomic E-state index is 2.42. The number of allylic oxidation sites excluding steroid dienone is 8. The van der Waals surface area contributed by atoms with Crippen LogP contribution < -0.4 is 35.2 Å². The fourth-order valence-electron chi connectivity index (χ4n) is 4.68. The minimum atomic E-state index is 0. The van der Waals surface area contributed by atoms with E-state index in [4.69, 9.17) is 0 Å². The summed E-state index contributed by atoms with van der Waals surface area (Å²) in [6.07, 6.45) is 28.1. The molecule has 0 nitrogen and oxygen atoms in total. The molecule has 4 unspecified atom stereocenters. The summed E-state index contributed by atoms with van der Waals surface area (Å²) in [4.78, 5) is 0. The van der Waals surface area contributed by atoms with Crippen LogP contribution in [0.5, 0.6) is 0 Å². The van der Waals surface area contributed by atoms with Crippen LogP contribution >= 0.6 is 0 Å². The Balaban J connectivity index is 0.000000249. The van der Waals surface area contributed by atoms with Crippen LogP contribution in [0.1, 0.15) is 25.7 Å². The smallest absolute Gasteiger partial charge is 1.00 e. The van der Waals surface area contributed by atoms with Crippen LogP contribution in [-0.4, -0.2) is 9.52 Å². The molecule has 0 spiro atoms. The van der Waals surface area contributed by atoms with Gasteiger partial charge < -0.3 is 37.7 Å². The number of hydrogen-bond acceptors (Lipinski definition) is 0. The molecular formula is C30H33Cl2HfSi. The minimum Gasteiger partial charge on any atom is -1.00 e. The molecule has 2 saturated carbocycles. The molecule has 2 aromatic carbocycles. The van der Waals surface area contributed by atoms with Crippen molar-refractivity contribution >= 4 is 19.9 Å². The van der Waals surface area contributed by atoms with Gasteiger partial charge >= 0.3 is 25.8 Å². The molecule has 4 aliphatic carbocycles. The second-order valence-corrected chi connectivity index (χ2v) is 10.2. The fraction of sp³-hybridized carbons (Fsp3) is 0.267. The third-order valence-corrected chi connectivity index (χ3v) is 7.84. The largest absolute Gasteiger partial charge is 4.00 e. The van der Waals surface area contributed by atoms with E-state index in [1.165, 1.54) is 36.1 Å². The SMILES string of the molecule is C1=CC2[CH-]CCC2C=C1.C1=CC2[CH-]CCC2C=C1.[Cl-].[Cl-].[Hf+4].c1ccc([SiH]c2ccccc2)cc1. The Bertz CT molecular complexity index is 796. The van der Waals surface area contributed by atoms with Crippen molar-refractivity contribution in [3.05, 3.63) is 122 Å². The number of hydrogen-bond donors (Lipinski definition) is 0. The Hall–Kier alpha value is -0.933. The van der Waals surface area contributed by atoms with Gasteiger partial charge in [-0.25, -0.2) is 0 Å². The second-order valence-electron chi connectivity index (χ2n) is 8.61. The van der Waals surface area contributed by atoms with Gasteiger partial charge in [-0.1, -0.05) is 120 Å². The molecule has 1 radical (unpaired) electrons. The van der Waals surface area contributed by atoms with Gasteiger partial charge in [0.15, 0.2) is 0 Å². The number of halogens is 2. The predicted molar refractivity (Wildman–Crippen MR) is 137 cm³/mol. The zero-order chi connectivity index (χ0) is 21.1. The molecule has 0 aliphatic heterocycles. The van der Waals surface area contributed by atoms with Gasteiger partial charge in [-0.05, 0) is 11.8 Å². The van der Waals surface area contributed by atoms with Crippen LogP contribution in [0.4, 0.5) is 0 Å². The summed E-state index contributed by atoms with van der Waals surface area (Å²) in [5.74, 6) is 3.23. The minimum absolute atomic E-state index is 0. The summed E-state index contributed by atoms with van der Waals surface area (Å²) in [6, 6.07) is 21.3. The first-order valence-electron chi connectivity index (χ1n) is 11.7. The van der Waals surface area contributed by atoms with E-state index in [2.05, 4.69) is 122 Å². The first kappa shape index (κ1) is 31.1. The third kappa shape index (κ3) is 9.97. The van der Waals surface area contributed by atoms with Crippen molar-refractivity contribution in [2.24, 2.45) is 23.7 Å². The van der Waals surface area contributed by atoms with Gasteiger partial charge in [-0.15, -0.1) is 24.0 Å². The molecule has 0 N–H and O–H groups in total. The first-order chi connectivity index (χ1) is 15.4. The number of fused-ring (bicyclic) bond motifs is 2. The van der Waals surface area contributed by atoms with Crippen molar-refractivity contribution in [3.8, 4) is 0 Å². The molecule has 34 heavy (non-hydrogen) atoms. The quantitative estimate of drug-likeness (QED) is 0.306. The molecule has 4 atom stereocenters. The summed E-state index contributed by atoms with van der Waals surface area (Å²) >= 11 is 0. The van der Waals surface area contributed by atoms with Crippen molar-refractivity contribution < 1.29 is 50.7 Å². The Morgan fingerprint density at radius 1 is 0.559 bits per heavy atom. The Kier molecular flexibility index (Phi) is 16.0. The summed E-state index contributed by atoms with van der Waals surface area (Å²) < 4.78 is 0. The maximum Gasteiger partial charge on any atom is 4.00 e. The van der Waals surface area contributed by atoms with Crippen molar-refractivity contribution in [1.29, 1.82) is 0 Å². The van der Waals surface area contributed by atoms with Crippen LogP contribution in [0, 0.1) is 36.5 Å². The average molecular weight is 671 g/mol. The Labute approximate surface area is 240 Å². The average Bonchev–Trinajstić information content (AvgIpc) is 3.51. The molecule has 0 amide bonds. The predicted octanol–water partition coefficient (Wildman–Crippen LogP) is -0.235. The fourth-order valence-corrected chi connectivity index (χ4v) is 5.89. The maximum absolute atomic E-state index is 2.42. The first-order valence-corrected chi connectivity index (χ1v) is 12.9. The van der Waals surface area contributed by atoms with Crippen LogP contribution in [0.2, 0.25) is 0 Å². The van der Waals surface area contributed by atoms with Crippen molar-refractivity contribution in [2.45, 2.75) is 25.7 Å². The van der Waals surface area contributed by atoms with E-state index in [1.54, 1.807) is 0 Å². The summed E-state index contributed by atoms with van der Waals surface area (Å²) in [5, 5.41) is 2.90. The van der Waals surface area contributed by atoms with Crippen molar-refractivity contribution in [1.82, 2.24) is 0 Å². The van der Waals surface area contributed by atoms with Gasteiger partial charge in [0.1, 0.15) is 9.52 Å². The van der Waals surface area contributed by atoms with Crippen LogP contribution in [0.3, 0.4) is 0 Å². The third-order valence-electron chi connectivity index (χ3n) is 6.40. The van der Waals surface area contributed by atoms with Crippen molar-refractivity contribution in [3.63, 3.8) is 0 Å². The standard InChI is InChI=1S/C12H11Si.2C9H11.2ClH.Hf/c1-3-7-11(8-4-1)13-12-9-5-2-6-10-12;2*1-2-5-9-7-3-6-8(9)4-1;;;/h1-10,13H;2*1-2,4-6,8-9H,3,7H2;2*1H;/q;2*-1;;;+4/p-2. The van der Waals surface area contributed by atoms with E-state index in [0.717, 1.165) is 23.7 Å². The molecule has 2 aromatic rings. The zero-order valence-electron chi connectivity index (χ0n) is 19.5. The molecule has 0 aromatic heterocycles. The molecule has 2 fully saturated rings. The van der Waals surface area contributed by atoms with Gasteiger partial charge in [-0.3, -0.25) is 0 Å². The van der Waals surface area contributed by atoms with Gasteiger partial charge in [0.25, 0.3) is 0 Å². The van der Waals surface area contributed by atoms with E-state index in [1.807, 2.05) is 0 Å². The Morgan fingerprint density at radius 2 is 0.941 bits per heavy atom. The molecule has 175 valence electrons. The molecule has 0 heterocycles. The molecule has 0 saturated heterocycles. The van der Waals surface area contributed by atoms with Crippen LogP contribution in [0.15, 0.2) is 109 Å². The molecule has 6 rings (SSSR count). The normalized spacial score (nSPS) is 24.5. The zero-order valence-corrected chi connectivity index (χ0v) is 25.8. The summed E-state index contributed by atoms with van der Waals surface area (Å²) in [7, 11) is 0.271. The summed E-state index contributed by atoms with van der Waals surface area (Å²) in [6.45, 7) is 0. The summed E-state index contributed by atoms with van der Waals surface area (Å²) in [5.41, 5.74) is 0. The molecule has 0 bridgehead atoms. The van der Waals surface area contributed by atoms with Crippen LogP contribution in [-0.2, 0) is 25.8 Å². The van der Waals surface area contributed by atoms with Gasteiger partial charge in [0, 0.05) is 0 Å². The van der Waals surface area contributed by atoms with Crippen LogP contribution in [0.25, 0.3) is 0 Å². The second kappa shape index (κ2) is 17.5. The van der Waals surface area contributed by atoms with Gasteiger partial charge in [0.2, 0.25) is 0 Å². The van der Waals surface area contributed by atoms with E-state index in [9.17, 15) is 0 Å². The topological polar surface area (TPSA) is 0 Å². The number of benzene rings is 2. The molecular weight excluding hydrogens is 638 g/mol. The monoisotopic (exact) mass is 671 g/mol. The van der Waals surface area contributed by atoms with Crippen molar-refractivity contribution in [2.75, 3.05) is 0 Å². The molecule has 4 heteroatoms. The number of rotatable bonds is 2. The van der Waals surface area contributed by atoms with Gasteiger partial charge in [0.05, 0.1) is 0 Å². The van der Waals surface area contributed by atoms with E-state index in [-0.39, 0.29) is 60.2 Å². The van der Waals surface area contributed by atoms with E-state index >= 15 is 0 Å². The van der Waals surface area contributed by atoms with Gasteiger partial charge in [-0.2, -0.15) is 12.8 Å². The Morgan fingerprint density at radius 3 is 1.32 bits per heavy atom. The van der Waals surface area contributed by atoms with E-state index in [0.29, 0.717) is 0 Å². The molecule has 4 aliphatic rings.